The van der Waals surface area contributed by atoms with E-state index in [2.05, 4.69) is 131 Å². The first-order valence-corrected chi connectivity index (χ1v) is 18.5. The molecule has 0 saturated heterocycles. The molecular formula is C51H44IrN2O2-2. The SMILES string of the molecule is CC(O)CC(C)O.[Ir].[c-]1ccccc1-c1cc(-c2ccc(-c3ccccc3)cc2)ccn1.[c-]1ccccc1-c1cc(-c2ccc(-c3ccccc3)cc2)ccn1. The maximum absolute atomic E-state index is 8.56. The molecule has 1 radical (unpaired) electrons. The zero-order chi connectivity index (χ0) is 38.2. The smallest absolute Gasteiger partial charge is 0.0536 e. The molecule has 281 valence electrons. The summed E-state index contributed by atoms with van der Waals surface area (Å²) in [6, 6.07) is 68.8. The third kappa shape index (κ3) is 12.1. The topological polar surface area (TPSA) is 66.2 Å². The Labute approximate surface area is 344 Å². The van der Waals surface area contributed by atoms with Crippen molar-refractivity contribution in [1.82, 2.24) is 9.97 Å². The maximum Gasteiger partial charge on any atom is 0.0536 e. The van der Waals surface area contributed by atoms with Crippen LogP contribution in [0.25, 0.3) is 67.0 Å². The van der Waals surface area contributed by atoms with Gasteiger partial charge >= 0.3 is 0 Å². The van der Waals surface area contributed by atoms with E-state index < -0.39 is 0 Å². The zero-order valence-electron chi connectivity index (χ0n) is 31.5. The Hall–Kier alpha value is -5.81. The van der Waals surface area contributed by atoms with Crippen LogP contribution in [0.15, 0.2) is 194 Å². The molecule has 0 saturated carbocycles. The Kier molecular flexibility index (Phi) is 15.7. The minimum atomic E-state index is -0.375. The van der Waals surface area contributed by atoms with Gasteiger partial charge in [-0.05, 0) is 88.3 Å². The first kappa shape index (κ1) is 41.4. The normalized spacial score (nSPS) is 11.4. The van der Waals surface area contributed by atoms with Crippen molar-refractivity contribution in [2.45, 2.75) is 32.5 Å². The molecule has 56 heavy (non-hydrogen) atoms. The van der Waals surface area contributed by atoms with E-state index >= 15 is 0 Å². The quantitative estimate of drug-likeness (QED) is 0.149. The van der Waals surface area contributed by atoms with Crippen LogP contribution in [0, 0.1) is 12.1 Å². The monoisotopic (exact) mass is 909 g/mol. The average Bonchev–Trinajstić information content (AvgIpc) is 3.25. The van der Waals surface area contributed by atoms with E-state index in [0.29, 0.717) is 6.42 Å². The minimum Gasteiger partial charge on any atom is -0.393 e. The number of aliphatic hydroxyl groups is 2. The summed E-state index contributed by atoms with van der Waals surface area (Å²) in [5, 5.41) is 17.1. The van der Waals surface area contributed by atoms with Crippen LogP contribution in [0.1, 0.15) is 20.3 Å². The molecule has 0 fully saturated rings. The fourth-order valence-electron chi connectivity index (χ4n) is 6.09. The van der Waals surface area contributed by atoms with Gasteiger partial charge < -0.3 is 20.2 Å². The Morgan fingerprint density at radius 1 is 0.411 bits per heavy atom. The minimum absolute atomic E-state index is 0. The van der Waals surface area contributed by atoms with Gasteiger partial charge in [-0.2, -0.15) is 0 Å². The van der Waals surface area contributed by atoms with Gasteiger partial charge in [0.05, 0.1) is 12.2 Å². The molecule has 0 aliphatic rings. The van der Waals surface area contributed by atoms with E-state index in [0.717, 1.165) is 33.6 Å². The van der Waals surface area contributed by atoms with E-state index in [1.165, 1.54) is 33.4 Å². The van der Waals surface area contributed by atoms with Gasteiger partial charge in [-0.3, -0.25) is 0 Å². The van der Waals surface area contributed by atoms with E-state index in [-0.39, 0.29) is 32.3 Å². The molecule has 0 amide bonds. The standard InChI is InChI=1S/2C23H16N.C5H12O2.Ir/c2*1-3-7-18(8-4-1)19-11-13-20(14-12-19)22-15-16-24-23(17-22)21-9-5-2-6-10-21;1-4(6)3-5(2)7;/h2*1-9,11-17H;4-7H,3H2,1-2H3;/q2*-1;;. The van der Waals surface area contributed by atoms with Gasteiger partial charge in [0.2, 0.25) is 0 Å². The molecule has 2 unspecified atom stereocenters. The van der Waals surface area contributed by atoms with Crippen molar-refractivity contribution >= 4 is 0 Å². The van der Waals surface area contributed by atoms with E-state index in [1.54, 1.807) is 13.8 Å². The molecule has 8 rings (SSSR count). The Morgan fingerprint density at radius 3 is 1.04 bits per heavy atom. The van der Waals surface area contributed by atoms with Gasteiger partial charge in [-0.1, -0.05) is 121 Å². The number of benzene rings is 6. The molecular weight excluding hydrogens is 865 g/mol. The van der Waals surface area contributed by atoms with Gasteiger partial charge in [0.25, 0.3) is 0 Å². The first-order valence-electron chi connectivity index (χ1n) is 18.5. The maximum atomic E-state index is 8.56. The Balaban J connectivity index is 0.000000181. The molecule has 2 N–H and O–H groups in total. The van der Waals surface area contributed by atoms with Crippen molar-refractivity contribution in [3.8, 4) is 67.0 Å². The molecule has 0 bridgehead atoms. The van der Waals surface area contributed by atoms with Gasteiger partial charge in [0.15, 0.2) is 0 Å². The first-order chi connectivity index (χ1) is 26.9. The second-order valence-electron chi connectivity index (χ2n) is 13.2. The van der Waals surface area contributed by atoms with Gasteiger partial charge in [0.1, 0.15) is 0 Å². The van der Waals surface area contributed by atoms with Crippen molar-refractivity contribution < 1.29 is 30.3 Å². The van der Waals surface area contributed by atoms with Crippen molar-refractivity contribution in [1.29, 1.82) is 0 Å². The second kappa shape index (κ2) is 21.3. The third-order valence-corrected chi connectivity index (χ3v) is 8.82. The molecule has 0 aliphatic heterocycles. The largest absolute Gasteiger partial charge is 0.393 e. The van der Waals surface area contributed by atoms with Crippen LogP contribution < -0.4 is 0 Å². The van der Waals surface area contributed by atoms with E-state index in [1.807, 2.05) is 85.2 Å². The molecule has 5 heteroatoms. The summed E-state index contributed by atoms with van der Waals surface area (Å²) in [5.41, 5.74) is 13.5. The van der Waals surface area contributed by atoms with Gasteiger partial charge in [-0.15, -0.1) is 71.8 Å². The average molecular weight is 909 g/mol. The van der Waals surface area contributed by atoms with Crippen molar-refractivity contribution in [2.75, 3.05) is 0 Å². The van der Waals surface area contributed by atoms with Crippen molar-refractivity contribution in [2.24, 2.45) is 0 Å². The molecule has 0 spiro atoms. The van der Waals surface area contributed by atoms with Crippen LogP contribution in [0.4, 0.5) is 0 Å². The van der Waals surface area contributed by atoms with Crippen LogP contribution in [0.2, 0.25) is 0 Å². The number of aromatic nitrogens is 2. The summed E-state index contributed by atoms with van der Waals surface area (Å²) in [7, 11) is 0. The van der Waals surface area contributed by atoms with Crippen LogP contribution in [-0.4, -0.2) is 32.4 Å². The number of hydrogen-bond acceptors (Lipinski definition) is 4. The third-order valence-electron chi connectivity index (χ3n) is 8.82. The van der Waals surface area contributed by atoms with Crippen molar-refractivity contribution in [3.63, 3.8) is 0 Å². The van der Waals surface area contributed by atoms with Crippen LogP contribution in [0.5, 0.6) is 0 Å². The number of aliphatic hydroxyl groups excluding tert-OH is 2. The summed E-state index contributed by atoms with van der Waals surface area (Å²) < 4.78 is 0. The van der Waals surface area contributed by atoms with Gasteiger partial charge in [0, 0.05) is 32.5 Å². The van der Waals surface area contributed by atoms with Crippen LogP contribution in [0.3, 0.4) is 0 Å². The molecule has 6 aromatic carbocycles. The summed E-state index contributed by atoms with van der Waals surface area (Å²) >= 11 is 0. The zero-order valence-corrected chi connectivity index (χ0v) is 33.9. The Morgan fingerprint density at radius 2 is 0.732 bits per heavy atom. The number of pyridine rings is 2. The molecule has 2 heterocycles. The fourth-order valence-corrected chi connectivity index (χ4v) is 6.09. The molecule has 8 aromatic rings. The van der Waals surface area contributed by atoms with Gasteiger partial charge in [-0.25, -0.2) is 0 Å². The number of nitrogens with zero attached hydrogens (tertiary/aromatic N) is 2. The number of rotatable bonds is 8. The summed E-state index contributed by atoms with van der Waals surface area (Å²) in [6.45, 7) is 3.32. The fraction of sp³-hybridized carbons (Fsp3) is 0.0980. The van der Waals surface area contributed by atoms with Crippen LogP contribution in [-0.2, 0) is 20.1 Å². The van der Waals surface area contributed by atoms with E-state index in [4.69, 9.17) is 10.2 Å². The predicted molar refractivity (Wildman–Crippen MR) is 227 cm³/mol. The second-order valence-corrected chi connectivity index (χ2v) is 13.2. The number of hydrogen-bond donors (Lipinski definition) is 2. The molecule has 2 aromatic heterocycles. The van der Waals surface area contributed by atoms with Crippen LogP contribution >= 0.6 is 0 Å². The molecule has 2 atom stereocenters. The summed E-state index contributed by atoms with van der Waals surface area (Å²) in [4.78, 5) is 8.94. The summed E-state index contributed by atoms with van der Waals surface area (Å²) in [6.07, 6.45) is 3.44. The Bertz CT molecular complexity index is 2150. The molecule has 0 aliphatic carbocycles. The van der Waals surface area contributed by atoms with Crippen molar-refractivity contribution in [3.05, 3.63) is 207 Å². The predicted octanol–water partition coefficient (Wildman–Crippen LogP) is 11.9. The molecule has 4 nitrogen and oxygen atoms in total. The summed E-state index contributed by atoms with van der Waals surface area (Å²) in [5.74, 6) is 0. The van der Waals surface area contributed by atoms with E-state index in [9.17, 15) is 0 Å².